The topological polar surface area (TPSA) is 41.3 Å². The van der Waals surface area contributed by atoms with E-state index in [2.05, 4.69) is 16.9 Å². The molecule has 0 unspecified atom stereocenters. The smallest absolute Gasteiger partial charge is 0.123 e. The van der Waals surface area contributed by atoms with Gasteiger partial charge in [-0.05, 0) is 44.4 Å². The van der Waals surface area contributed by atoms with Crippen molar-refractivity contribution in [2.75, 3.05) is 6.61 Å². The lowest BCUT2D eigenvalue weighted by Gasteiger charge is -2.22. The van der Waals surface area contributed by atoms with Crippen molar-refractivity contribution in [1.29, 1.82) is 0 Å². The van der Waals surface area contributed by atoms with Gasteiger partial charge in [0.15, 0.2) is 0 Å². The van der Waals surface area contributed by atoms with Crippen LogP contribution >= 0.6 is 0 Å². The quantitative estimate of drug-likeness (QED) is 0.854. The lowest BCUT2D eigenvalue weighted by Crippen LogP contribution is -2.25. The fourth-order valence-electron chi connectivity index (χ4n) is 3.06. The van der Waals surface area contributed by atoms with Crippen molar-refractivity contribution in [1.82, 2.24) is 14.7 Å². The van der Waals surface area contributed by atoms with Gasteiger partial charge in [0.05, 0.1) is 18.8 Å². The third-order valence-electron chi connectivity index (χ3n) is 4.57. The number of aliphatic hydroxyl groups is 1. The summed E-state index contributed by atoms with van der Waals surface area (Å²) in [5, 5.41) is 13.7. The summed E-state index contributed by atoms with van der Waals surface area (Å²) in [6.45, 7) is 6.41. The van der Waals surface area contributed by atoms with Gasteiger partial charge in [0.2, 0.25) is 0 Å². The molecule has 5 heteroatoms. The first kappa shape index (κ1) is 16.1. The molecule has 1 saturated carbocycles. The first-order chi connectivity index (χ1) is 11.1. The van der Waals surface area contributed by atoms with E-state index in [-0.39, 0.29) is 12.4 Å². The number of rotatable bonds is 7. The van der Waals surface area contributed by atoms with Crippen molar-refractivity contribution < 1.29 is 9.50 Å². The highest BCUT2D eigenvalue weighted by molar-refractivity contribution is 5.25. The zero-order valence-electron chi connectivity index (χ0n) is 13.8. The van der Waals surface area contributed by atoms with Crippen molar-refractivity contribution in [2.45, 2.75) is 52.4 Å². The Morgan fingerprint density at radius 3 is 2.52 bits per heavy atom. The van der Waals surface area contributed by atoms with Crippen LogP contribution in [0, 0.1) is 19.7 Å². The normalized spacial score (nSPS) is 14.7. The number of aromatic nitrogens is 2. The van der Waals surface area contributed by atoms with Gasteiger partial charge in [0, 0.05) is 30.4 Å². The van der Waals surface area contributed by atoms with E-state index in [1.54, 1.807) is 0 Å². The van der Waals surface area contributed by atoms with Gasteiger partial charge in [-0.25, -0.2) is 4.39 Å². The molecular weight excluding hydrogens is 293 g/mol. The summed E-state index contributed by atoms with van der Waals surface area (Å²) in [6.07, 6.45) is 2.45. The van der Waals surface area contributed by atoms with E-state index >= 15 is 0 Å². The van der Waals surface area contributed by atoms with Crippen LogP contribution in [0.15, 0.2) is 24.3 Å². The lowest BCUT2D eigenvalue weighted by molar-refractivity contribution is 0.244. The summed E-state index contributed by atoms with van der Waals surface area (Å²) in [6, 6.07) is 7.38. The Morgan fingerprint density at radius 2 is 1.91 bits per heavy atom. The van der Waals surface area contributed by atoms with Crippen molar-refractivity contribution in [2.24, 2.45) is 0 Å². The van der Waals surface area contributed by atoms with Crippen LogP contribution in [0.1, 0.15) is 35.4 Å². The summed E-state index contributed by atoms with van der Waals surface area (Å²) in [4.78, 5) is 2.45. The number of aliphatic hydroxyl groups excluding tert-OH is 1. The largest absolute Gasteiger partial charge is 0.394 e. The zero-order chi connectivity index (χ0) is 16.4. The van der Waals surface area contributed by atoms with E-state index in [1.807, 2.05) is 23.7 Å². The van der Waals surface area contributed by atoms with E-state index < -0.39 is 0 Å². The number of hydrogen-bond donors (Lipinski definition) is 1. The molecule has 0 radical (unpaired) electrons. The average molecular weight is 317 g/mol. The molecule has 0 saturated heterocycles. The van der Waals surface area contributed by atoms with Gasteiger partial charge in [0.1, 0.15) is 5.82 Å². The number of aryl methyl sites for hydroxylation is 1. The summed E-state index contributed by atoms with van der Waals surface area (Å²) < 4.78 is 15.0. The Bertz CT molecular complexity index is 662. The Kier molecular flexibility index (Phi) is 4.78. The minimum atomic E-state index is -0.191. The van der Waals surface area contributed by atoms with E-state index in [0.717, 1.165) is 30.0 Å². The van der Waals surface area contributed by atoms with Crippen LogP contribution < -0.4 is 0 Å². The van der Waals surface area contributed by atoms with Crippen molar-refractivity contribution >= 4 is 0 Å². The van der Waals surface area contributed by atoms with Gasteiger partial charge in [-0.3, -0.25) is 9.58 Å². The summed E-state index contributed by atoms with van der Waals surface area (Å²) in [5.74, 6) is -0.191. The van der Waals surface area contributed by atoms with Crippen molar-refractivity contribution in [3.63, 3.8) is 0 Å². The summed E-state index contributed by atoms with van der Waals surface area (Å²) >= 11 is 0. The van der Waals surface area contributed by atoms with E-state index in [4.69, 9.17) is 5.11 Å². The molecule has 0 bridgehead atoms. The van der Waals surface area contributed by atoms with Gasteiger partial charge in [-0.2, -0.15) is 5.10 Å². The molecule has 0 atom stereocenters. The van der Waals surface area contributed by atoms with E-state index in [1.165, 1.54) is 30.5 Å². The first-order valence-electron chi connectivity index (χ1n) is 8.20. The lowest BCUT2D eigenvalue weighted by atomic mass is 10.1. The van der Waals surface area contributed by atoms with Crippen LogP contribution in [0.25, 0.3) is 0 Å². The minimum absolute atomic E-state index is 0.101. The molecule has 3 rings (SSSR count). The highest BCUT2D eigenvalue weighted by Gasteiger charge is 2.30. The molecule has 1 aliphatic carbocycles. The van der Waals surface area contributed by atoms with Gasteiger partial charge in [0.25, 0.3) is 0 Å². The molecule has 124 valence electrons. The SMILES string of the molecule is Cc1nn(CCO)c(C)c1CN(Cc1ccc(F)cc1)C1CC1. The molecule has 23 heavy (non-hydrogen) atoms. The maximum Gasteiger partial charge on any atom is 0.123 e. The maximum absolute atomic E-state index is 13.1. The average Bonchev–Trinajstić information content (AvgIpc) is 3.33. The van der Waals surface area contributed by atoms with E-state index in [9.17, 15) is 4.39 Å². The molecule has 4 nitrogen and oxygen atoms in total. The Balaban J connectivity index is 1.76. The van der Waals surface area contributed by atoms with E-state index in [0.29, 0.717) is 12.6 Å². The molecule has 0 amide bonds. The van der Waals surface area contributed by atoms with Crippen LogP contribution in [-0.2, 0) is 19.6 Å². The fourth-order valence-corrected chi connectivity index (χ4v) is 3.06. The van der Waals surface area contributed by atoms with Crippen LogP contribution in [0.3, 0.4) is 0 Å². The van der Waals surface area contributed by atoms with Crippen LogP contribution in [-0.4, -0.2) is 32.4 Å². The molecule has 1 aliphatic rings. The molecule has 1 aromatic carbocycles. The number of benzene rings is 1. The maximum atomic E-state index is 13.1. The molecule has 1 N–H and O–H groups in total. The van der Waals surface area contributed by atoms with Gasteiger partial charge < -0.3 is 5.11 Å². The minimum Gasteiger partial charge on any atom is -0.394 e. The van der Waals surface area contributed by atoms with Gasteiger partial charge in [-0.15, -0.1) is 0 Å². The van der Waals surface area contributed by atoms with Crippen LogP contribution in [0.5, 0.6) is 0 Å². The molecule has 0 aliphatic heterocycles. The number of halogens is 1. The van der Waals surface area contributed by atoms with Crippen LogP contribution in [0.4, 0.5) is 4.39 Å². The predicted molar refractivity (Wildman–Crippen MR) is 87.5 cm³/mol. The summed E-state index contributed by atoms with van der Waals surface area (Å²) in [7, 11) is 0. The second-order valence-electron chi connectivity index (χ2n) is 6.36. The monoisotopic (exact) mass is 317 g/mol. The first-order valence-corrected chi connectivity index (χ1v) is 8.20. The molecule has 1 aromatic heterocycles. The number of nitrogens with zero attached hydrogens (tertiary/aromatic N) is 3. The molecule has 0 spiro atoms. The molecule has 1 fully saturated rings. The van der Waals surface area contributed by atoms with Crippen molar-refractivity contribution in [3.05, 3.63) is 52.6 Å². The zero-order valence-corrected chi connectivity index (χ0v) is 13.8. The van der Waals surface area contributed by atoms with Gasteiger partial charge >= 0.3 is 0 Å². The number of hydrogen-bond acceptors (Lipinski definition) is 3. The Hall–Kier alpha value is -1.72. The standard InChI is InChI=1S/C18H24FN3O/c1-13-18(14(2)22(20-13)9-10-23)12-21(17-7-8-17)11-15-3-5-16(19)6-4-15/h3-6,17,23H,7-12H2,1-2H3. The van der Waals surface area contributed by atoms with Gasteiger partial charge in [-0.1, -0.05) is 12.1 Å². The fraction of sp³-hybridized carbons (Fsp3) is 0.500. The highest BCUT2D eigenvalue weighted by Crippen LogP contribution is 2.31. The molecule has 1 heterocycles. The summed E-state index contributed by atoms with van der Waals surface area (Å²) in [5.41, 5.74) is 4.53. The predicted octanol–water partition coefficient (Wildman–Crippen LogP) is 2.80. The molecule has 2 aromatic rings. The Labute approximate surface area is 136 Å². The highest BCUT2D eigenvalue weighted by atomic mass is 19.1. The second-order valence-corrected chi connectivity index (χ2v) is 6.36. The second kappa shape index (κ2) is 6.81. The molecular formula is C18H24FN3O. The third kappa shape index (κ3) is 3.79. The van der Waals surface area contributed by atoms with Crippen LogP contribution in [0.2, 0.25) is 0 Å². The third-order valence-corrected chi connectivity index (χ3v) is 4.57. The Morgan fingerprint density at radius 1 is 1.22 bits per heavy atom. The van der Waals surface area contributed by atoms with Crippen molar-refractivity contribution in [3.8, 4) is 0 Å².